The van der Waals surface area contributed by atoms with Gasteiger partial charge in [0, 0.05) is 13.0 Å². The summed E-state index contributed by atoms with van der Waals surface area (Å²) >= 11 is 0. The topological polar surface area (TPSA) is 40.5 Å². The number of carbonyl (C=O) groups excluding carboxylic acids is 1. The highest BCUT2D eigenvalue weighted by Crippen LogP contribution is 2.36. The first kappa shape index (κ1) is 12.9. The molecule has 0 saturated heterocycles. The van der Waals surface area contributed by atoms with E-state index in [1.165, 1.54) is 0 Å². The lowest BCUT2D eigenvalue weighted by atomic mass is 9.90. The Morgan fingerprint density at radius 1 is 1.39 bits per heavy atom. The molecule has 0 radical (unpaired) electrons. The Bertz CT molecular complexity index is 460. The van der Waals surface area contributed by atoms with Crippen molar-refractivity contribution in [1.82, 2.24) is 0 Å². The van der Waals surface area contributed by atoms with Crippen LogP contribution in [0.2, 0.25) is 0 Å². The third-order valence-corrected chi connectivity index (χ3v) is 3.18. The van der Waals surface area contributed by atoms with Crippen molar-refractivity contribution < 1.29 is 9.90 Å². The van der Waals surface area contributed by atoms with Crippen LogP contribution in [0.25, 0.3) is 0 Å². The van der Waals surface area contributed by atoms with Crippen molar-refractivity contribution in [2.45, 2.75) is 40.0 Å². The van der Waals surface area contributed by atoms with Crippen LogP contribution >= 0.6 is 0 Å². The monoisotopic (exact) mass is 247 g/mol. The lowest BCUT2D eigenvalue weighted by Crippen LogP contribution is -2.37. The maximum atomic E-state index is 12.3. The molecule has 0 saturated carbocycles. The molecule has 0 unspecified atom stereocenters. The summed E-state index contributed by atoms with van der Waals surface area (Å²) in [5.41, 5.74) is 1.76. The minimum absolute atomic E-state index is 0.0287. The Hall–Kier alpha value is -1.51. The van der Waals surface area contributed by atoms with Gasteiger partial charge in [0.15, 0.2) is 0 Å². The van der Waals surface area contributed by atoms with Gasteiger partial charge in [-0.15, -0.1) is 0 Å². The summed E-state index contributed by atoms with van der Waals surface area (Å²) in [7, 11) is 0. The molecule has 0 aromatic heterocycles. The van der Waals surface area contributed by atoms with Gasteiger partial charge in [-0.1, -0.05) is 32.9 Å². The van der Waals surface area contributed by atoms with E-state index in [0.29, 0.717) is 13.0 Å². The first-order valence-electron chi connectivity index (χ1n) is 6.50. The lowest BCUT2D eigenvalue weighted by molar-refractivity contribution is -0.120. The van der Waals surface area contributed by atoms with Crippen LogP contribution in [0, 0.1) is 5.41 Å². The van der Waals surface area contributed by atoms with Crippen LogP contribution in [0.1, 0.15) is 39.2 Å². The maximum absolute atomic E-state index is 12.3. The third-order valence-electron chi connectivity index (χ3n) is 3.18. The van der Waals surface area contributed by atoms with Gasteiger partial charge in [-0.3, -0.25) is 4.79 Å². The van der Waals surface area contributed by atoms with Crippen molar-refractivity contribution in [3.63, 3.8) is 0 Å². The van der Waals surface area contributed by atoms with E-state index in [4.69, 9.17) is 0 Å². The average Bonchev–Trinajstić information content (AvgIpc) is 2.26. The summed E-state index contributed by atoms with van der Waals surface area (Å²) in [6.07, 6.45) is 2.40. The number of fused-ring (bicyclic) bond motifs is 1. The molecule has 1 heterocycles. The van der Waals surface area contributed by atoms with E-state index in [1.54, 1.807) is 11.0 Å². The molecule has 18 heavy (non-hydrogen) atoms. The molecule has 98 valence electrons. The van der Waals surface area contributed by atoms with Crippen molar-refractivity contribution in [3.05, 3.63) is 23.8 Å². The number of anilines is 1. The normalized spacial score (nSPS) is 15.4. The standard InChI is InChI=1S/C15H21NO2/c1-15(2,3)10-13(18)16-9-5-7-11-6-4-8-12(17)14(11)16/h4,6,8,17H,5,7,9-10H2,1-3H3. The van der Waals surface area contributed by atoms with Crippen LogP contribution in [-0.2, 0) is 11.2 Å². The van der Waals surface area contributed by atoms with Gasteiger partial charge in [0.2, 0.25) is 5.91 Å². The number of benzene rings is 1. The Balaban J connectivity index is 2.30. The van der Waals surface area contributed by atoms with Crippen LogP contribution in [0.5, 0.6) is 5.75 Å². The fraction of sp³-hybridized carbons (Fsp3) is 0.533. The predicted octanol–water partition coefficient (Wildman–Crippen LogP) is 3.11. The zero-order chi connectivity index (χ0) is 13.3. The summed E-state index contributed by atoms with van der Waals surface area (Å²) in [5.74, 6) is 0.319. The fourth-order valence-corrected chi connectivity index (χ4v) is 2.43. The largest absolute Gasteiger partial charge is 0.506 e. The van der Waals surface area contributed by atoms with Gasteiger partial charge in [-0.2, -0.15) is 0 Å². The molecule has 3 nitrogen and oxygen atoms in total. The molecular formula is C15H21NO2. The first-order chi connectivity index (χ1) is 8.38. The Labute approximate surface area is 108 Å². The average molecular weight is 247 g/mol. The van der Waals surface area contributed by atoms with Crippen LogP contribution in [0.15, 0.2) is 18.2 Å². The quantitative estimate of drug-likeness (QED) is 0.828. The molecule has 0 atom stereocenters. The zero-order valence-electron chi connectivity index (χ0n) is 11.4. The number of para-hydroxylation sites is 1. The minimum Gasteiger partial charge on any atom is -0.506 e. The molecule has 2 rings (SSSR count). The number of phenols is 1. The van der Waals surface area contributed by atoms with Crippen LogP contribution in [-0.4, -0.2) is 17.6 Å². The van der Waals surface area contributed by atoms with E-state index in [0.717, 1.165) is 24.1 Å². The molecule has 0 fully saturated rings. The highest BCUT2D eigenvalue weighted by molar-refractivity contribution is 5.96. The second kappa shape index (κ2) is 4.63. The van der Waals surface area contributed by atoms with Crippen LogP contribution in [0.3, 0.4) is 0 Å². The molecule has 1 amide bonds. The number of hydrogen-bond acceptors (Lipinski definition) is 2. The summed E-state index contributed by atoms with van der Waals surface area (Å²) in [4.78, 5) is 14.1. The van der Waals surface area contributed by atoms with Crippen molar-refractivity contribution in [2.75, 3.05) is 11.4 Å². The minimum atomic E-state index is -0.0287. The highest BCUT2D eigenvalue weighted by Gasteiger charge is 2.27. The van der Waals surface area contributed by atoms with Crippen LogP contribution in [0.4, 0.5) is 5.69 Å². The summed E-state index contributed by atoms with van der Waals surface area (Å²) in [5, 5.41) is 9.98. The van der Waals surface area contributed by atoms with Crippen molar-refractivity contribution in [1.29, 1.82) is 0 Å². The molecular weight excluding hydrogens is 226 g/mol. The third kappa shape index (κ3) is 2.66. The Morgan fingerprint density at radius 3 is 2.78 bits per heavy atom. The van der Waals surface area contributed by atoms with E-state index < -0.39 is 0 Å². The van der Waals surface area contributed by atoms with Gasteiger partial charge >= 0.3 is 0 Å². The van der Waals surface area contributed by atoms with E-state index in [1.807, 2.05) is 12.1 Å². The van der Waals surface area contributed by atoms with Gasteiger partial charge in [0.1, 0.15) is 5.75 Å². The van der Waals surface area contributed by atoms with Gasteiger partial charge in [-0.25, -0.2) is 0 Å². The Kier molecular flexibility index (Phi) is 3.33. The molecule has 3 heteroatoms. The van der Waals surface area contributed by atoms with E-state index in [-0.39, 0.29) is 17.1 Å². The molecule has 0 aliphatic carbocycles. The highest BCUT2D eigenvalue weighted by atomic mass is 16.3. The number of amides is 1. The van der Waals surface area contributed by atoms with Gasteiger partial charge in [0.05, 0.1) is 5.69 Å². The van der Waals surface area contributed by atoms with E-state index >= 15 is 0 Å². The smallest absolute Gasteiger partial charge is 0.227 e. The fourth-order valence-electron chi connectivity index (χ4n) is 2.43. The van der Waals surface area contributed by atoms with Gasteiger partial charge in [0.25, 0.3) is 0 Å². The zero-order valence-corrected chi connectivity index (χ0v) is 11.4. The second-order valence-corrected chi connectivity index (χ2v) is 6.17. The molecule has 1 aliphatic heterocycles. The predicted molar refractivity (Wildman–Crippen MR) is 72.9 cm³/mol. The maximum Gasteiger partial charge on any atom is 0.227 e. The van der Waals surface area contributed by atoms with Crippen molar-refractivity contribution in [3.8, 4) is 5.75 Å². The number of rotatable bonds is 1. The first-order valence-corrected chi connectivity index (χ1v) is 6.50. The summed E-state index contributed by atoms with van der Waals surface area (Å²) in [6.45, 7) is 6.88. The van der Waals surface area contributed by atoms with Gasteiger partial charge < -0.3 is 10.0 Å². The number of phenolic OH excluding ortho intramolecular Hbond substituents is 1. The molecule has 1 aromatic rings. The summed E-state index contributed by atoms with van der Waals surface area (Å²) < 4.78 is 0. The molecule has 0 bridgehead atoms. The van der Waals surface area contributed by atoms with Crippen LogP contribution < -0.4 is 4.90 Å². The molecule has 1 N–H and O–H groups in total. The Morgan fingerprint density at radius 2 is 2.11 bits per heavy atom. The number of aromatic hydroxyl groups is 1. The van der Waals surface area contributed by atoms with Gasteiger partial charge in [-0.05, 0) is 29.9 Å². The van der Waals surface area contributed by atoms with E-state index in [9.17, 15) is 9.90 Å². The molecule has 0 spiro atoms. The number of carbonyl (C=O) groups is 1. The lowest BCUT2D eigenvalue weighted by Gasteiger charge is -2.32. The van der Waals surface area contributed by atoms with E-state index in [2.05, 4.69) is 20.8 Å². The SMILES string of the molecule is CC(C)(C)CC(=O)N1CCCc2cccc(O)c21. The number of nitrogens with zero attached hydrogens (tertiary/aromatic N) is 1. The van der Waals surface area contributed by atoms with Crippen molar-refractivity contribution >= 4 is 11.6 Å². The summed E-state index contributed by atoms with van der Waals surface area (Å²) in [6, 6.07) is 5.49. The molecule has 1 aliphatic rings. The molecule has 1 aromatic carbocycles. The second-order valence-electron chi connectivity index (χ2n) is 6.17. The number of hydrogen-bond donors (Lipinski definition) is 1. The van der Waals surface area contributed by atoms with Crippen molar-refractivity contribution in [2.24, 2.45) is 5.41 Å². The number of aryl methyl sites for hydroxylation is 1.